The maximum absolute atomic E-state index is 12.9. The summed E-state index contributed by atoms with van der Waals surface area (Å²) >= 11 is 1.17. The Hall–Kier alpha value is -2.56. The number of hydrogen-bond acceptors (Lipinski definition) is 8. The molecule has 0 unspecified atom stereocenters. The van der Waals surface area contributed by atoms with Gasteiger partial charge in [0.05, 0.1) is 12.9 Å². The van der Waals surface area contributed by atoms with Gasteiger partial charge in [0, 0.05) is 37.8 Å². The highest BCUT2D eigenvalue weighted by atomic mass is 32.2. The number of carbonyl (C=O) groups excluding carboxylic acids is 1. The number of piperazine rings is 1. The molecular weight excluding hydrogens is 440 g/mol. The van der Waals surface area contributed by atoms with Crippen molar-refractivity contribution in [3.05, 3.63) is 40.8 Å². The van der Waals surface area contributed by atoms with E-state index in [2.05, 4.69) is 4.90 Å². The van der Waals surface area contributed by atoms with Crippen LogP contribution in [0.2, 0.25) is 0 Å². The molecule has 1 amide bonds. The van der Waals surface area contributed by atoms with Crippen LogP contribution in [0.15, 0.2) is 33.9 Å². The van der Waals surface area contributed by atoms with E-state index in [9.17, 15) is 13.2 Å². The highest BCUT2D eigenvalue weighted by Crippen LogP contribution is 2.46. The van der Waals surface area contributed by atoms with Crippen molar-refractivity contribution in [1.29, 1.82) is 0 Å². The zero-order valence-electron chi connectivity index (χ0n) is 17.4. The molecule has 2 aliphatic rings. The van der Waals surface area contributed by atoms with Gasteiger partial charge in [-0.05, 0) is 36.2 Å². The van der Waals surface area contributed by atoms with Crippen LogP contribution < -0.4 is 14.2 Å². The van der Waals surface area contributed by atoms with E-state index < -0.39 is 9.84 Å². The lowest BCUT2D eigenvalue weighted by Gasteiger charge is -2.31. The zero-order valence-corrected chi connectivity index (χ0v) is 19.0. The number of carbonyl (C=O) groups is 1. The Balaban J connectivity index is 1.69. The fraction of sp³-hybridized carbons (Fsp3) is 0.381. The van der Waals surface area contributed by atoms with E-state index in [-0.39, 0.29) is 22.7 Å². The van der Waals surface area contributed by atoms with E-state index in [0.717, 1.165) is 13.1 Å². The zero-order chi connectivity index (χ0) is 22.0. The minimum Gasteiger partial charge on any atom is -0.492 e. The van der Waals surface area contributed by atoms with Crippen LogP contribution in [0.3, 0.4) is 0 Å². The number of nitrogens with zero attached hydrogens (tertiary/aromatic N) is 2. The second-order valence-electron chi connectivity index (χ2n) is 7.37. The molecule has 0 aliphatic carbocycles. The van der Waals surface area contributed by atoms with Crippen LogP contribution in [-0.4, -0.2) is 71.3 Å². The van der Waals surface area contributed by atoms with Crippen LogP contribution in [-0.2, 0) is 20.4 Å². The number of fused-ring (bicyclic) bond motifs is 1. The van der Waals surface area contributed by atoms with Crippen molar-refractivity contribution >= 4 is 33.2 Å². The summed E-state index contributed by atoms with van der Waals surface area (Å²) in [6, 6.07) is 4.93. The van der Waals surface area contributed by atoms with E-state index in [4.69, 9.17) is 14.2 Å². The van der Waals surface area contributed by atoms with Crippen LogP contribution in [0.25, 0.3) is 6.08 Å². The molecule has 10 heteroatoms. The summed E-state index contributed by atoms with van der Waals surface area (Å²) in [6.45, 7) is 2.96. The molecule has 31 heavy (non-hydrogen) atoms. The van der Waals surface area contributed by atoms with Gasteiger partial charge in [0.15, 0.2) is 21.3 Å². The van der Waals surface area contributed by atoms with Crippen molar-refractivity contribution < 1.29 is 27.4 Å². The van der Waals surface area contributed by atoms with Crippen molar-refractivity contribution in [2.24, 2.45) is 0 Å². The number of sulfone groups is 1. The Bertz CT molecular complexity index is 1090. The van der Waals surface area contributed by atoms with Crippen LogP contribution in [0.4, 0.5) is 0 Å². The first-order valence-corrected chi connectivity index (χ1v) is 12.3. The first-order chi connectivity index (χ1) is 14.9. The molecule has 166 valence electrons. The SMILES string of the molecule is COc1c(/C=C/C(=O)N2CCN(C)CC2)c(CS(=O)(=O)c2cccs2)cc2c1OCO2. The van der Waals surface area contributed by atoms with Gasteiger partial charge in [0.2, 0.25) is 18.4 Å². The second kappa shape index (κ2) is 8.89. The Morgan fingerprint density at radius 2 is 2.03 bits per heavy atom. The number of benzene rings is 1. The molecule has 0 spiro atoms. The summed E-state index contributed by atoms with van der Waals surface area (Å²) in [5, 5.41) is 1.72. The van der Waals surface area contributed by atoms with Crippen molar-refractivity contribution in [2.75, 3.05) is 47.1 Å². The predicted molar refractivity (Wildman–Crippen MR) is 117 cm³/mol. The lowest BCUT2D eigenvalue weighted by molar-refractivity contribution is -0.127. The number of methoxy groups -OCH3 is 1. The van der Waals surface area contributed by atoms with E-state index in [1.165, 1.54) is 24.5 Å². The number of rotatable bonds is 6. The fourth-order valence-electron chi connectivity index (χ4n) is 3.59. The molecule has 0 N–H and O–H groups in total. The van der Waals surface area contributed by atoms with Crippen molar-refractivity contribution in [2.45, 2.75) is 9.96 Å². The van der Waals surface area contributed by atoms with Crippen LogP contribution in [0.1, 0.15) is 11.1 Å². The molecule has 2 aliphatic heterocycles. The molecular formula is C21H24N2O6S2. The van der Waals surface area contributed by atoms with Gasteiger partial charge in [0.25, 0.3) is 0 Å². The van der Waals surface area contributed by atoms with E-state index >= 15 is 0 Å². The minimum atomic E-state index is -3.57. The molecule has 4 rings (SSSR count). The lowest BCUT2D eigenvalue weighted by atomic mass is 10.0. The third kappa shape index (κ3) is 4.56. The van der Waals surface area contributed by atoms with Gasteiger partial charge < -0.3 is 24.0 Å². The quantitative estimate of drug-likeness (QED) is 0.606. The summed E-state index contributed by atoms with van der Waals surface area (Å²) in [5.41, 5.74) is 0.978. The summed E-state index contributed by atoms with van der Waals surface area (Å²) in [7, 11) is -0.0643. The van der Waals surface area contributed by atoms with Gasteiger partial charge in [-0.2, -0.15) is 0 Å². The number of hydrogen-bond donors (Lipinski definition) is 0. The van der Waals surface area contributed by atoms with Crippen LogP contribution in [0.5, 0.6) is 17.2 Å². The predicted octanol–water partition coefficient (Wildman–Crippen LogP) is 2.25. The van der Waals surface area contributed by atoms with Crippen LogP contribution >= 0.6 is 11.3 Å². The molecule has 0 radical (unpaired) electrons. The molecule has 1 aromatic carbocycles. The molecule has 0 atom stereocenters. The number of likely N-dealkylation sites (N-methyl/N-ethyl adjacent to an activating group) is 1. The molecule has 1 fully saturated rings. The summed E-state index contributed by atoms with van der Waals surface area (Å²) in [5.74, 6) is 0.819. The number of thiophene rings is 1. The summed E-state index contributed by atoms with van der Waals surface area (Å²) < 4.78 is 42.7. The maximum atomic E-state index is 12.9. The first-order valence-electron chi connectivity index (χ1n) is 9.80. The Morgan fingerprint density at radius 1 is 1.26 bits per heavy atom. The molecule has 2 aromatic rings. The molecule has 3 heterocycles. The molecule has 1 aromatic heterocycles. The number of amides is 1. The van der Waals surface area contributed by atoms with Gasteiger partial charge in [-0.1, -0.05) is 6.07 Å². The topological polar surface area (TPSA) is 85.4 Å². The monoisotopic (exact) mass is 464 g/mol. The third-order valence-corrected chi connectivity index (χ3v) is 8.45. The normalized spacial score (nSPS) is 16.8. The first kappa shape index (κ1) is 21.7. The van der Waals surface area contributed by atoms with Gasteiger partial charge in [-0.3, -0.25) is 4.79 Å². The standard InChI is InChI=1S/C21H24N2O6S2/c1-22-7-9-23(10-8-22)18(24)6-5-16-15(13-31(25,26)19-4-3-11-30-19)12-17-21(20(16)27-2)29-14-28-17/h3-6,11-12H,7-10,13-14H2,1-2H3/b6-5+. The highest BCUT2D eigenvalue weighted by molar-refractivity contribution is 7.92. The second-order valence-corrected chi connectivity index (χ2v) is 10.5. The van der Waals surface area contributed by atoms with Crippen molar-refractivity contribution in [1.82, 2.24) is 9.80 Å². The van der Waals surface area contributed by atoms with Crippen molar-refractivity contribution in [3.63, 3.8) is 0 Å². The number of ether oxygens (including phenoxy) is 3. The fourth-order valence-corrected chi connectivity index (χ4v) is 6.04. The molecule has 0 bridgehead atoms. The van der Waals surface area contributed by atoms with Crippen molar-refractivity contribution in [3.8, 4) is 17.2 Å². The van der Waals surface area contributed by atoms with Gasteiger partial charge in [-0.25, -0.2) is 8.42 Å². The third-order valence-electron chi connectivity index (χ3n) is 5.30. The highest BCUT2D eigenvalue weighted by Gasteiger charge is 2.28. The van der Waals surface area contributed by atoms with E-state index in [0.29, 0.717) is 41.5 Å². The van der Waals surface area contributed by atoms with Gasteiger partial charge in [-0.15, -0.1) is 11.3 Å². The molecule has 0 saturated carbocycles. The average molecular weight is 465 g/mol. The Labute approximate surface area is 185 Å². The van der Waals surface area contributed by atoms with E-state index in [1.807, 2.05) is 7.05 Å². The van der Waals surface area contributed by atoms with Gasteiger partial charge >= 0.3 is 0 Å². The lowest BCUT2D eigenvalue weighted by Crippen LogP contribution is -2.46. The molecule has 1 saturated heterocycles. The van der Waals surface area contributed by atoms with Crippen LogP contribution in [0, 0.1) is 0 Å². The Morgan fingerprint density at radius 3 is 2.71 bits per heavy atom. The summed E-state index contributed by atoms with van der Waals surface area (Å²) in [6.07, 6.45) is 3.08. The largest absolute Gasteiger partial charge is 0.492 e. The minimum absolute atomic E-state index is 0.0240. The average Bonchev–Trinajstić information content (AvgIpc) is 3.44. The van der Waals surface area contributed by atoms with Gasteiger partial charge in [0.1, 0.15) is 4.21 Å². The Kier molecular flexibility index (Phi) is 6.22. The maximum Gasteiger partial charge on any atom is 0.246 e. The summed E-state index contributed by atoms with van der Waals surface area (Å²) in [4.78, 5) is 16.6. The van der Waals surface area contributed by atoms with E-state index in [1.54, 1.807) is 34.6 Å². The smallest absolute Gasteiger partial charge is 0.246 e. The molecule has 8 nitrogen and oxygen atoms in total.